The van der Waals surface area contributed by atoms with Gasteiger partial charge in [-0.25, -0.2) is 4.68 Å². The topological polar surface area (TPSA) is 61.6 Å². The number of hydrogen-bond donors (Lipinski definition) is 1. The molecule has 6 nitrogen and oxygen atoms in total. The number of β-amino-alcohol motifs (C(OH)–C–C–N with tert-alkyl or cyclic N) is 1. The fraction of sp³-hybridized carbons (Fsp3) is 0.474. The van der Waals surface area contributed by atoms with Crippen LogP contribution in [-0.2, 0) is 0 Å². The van der Waals surface area contributed by atoms with Crippen molar-refractivity contribution in [3.05, 3.63) is 41.7 Å². The number of alkyl halides is 2. The Hall–Kier alpha value is -2.32. The number of halogens is 2. The van der Waals surface area contributed by atoms with Crippen LogP contribution >= 0.6 is 0 Å². The van der Waals surface area contributed by atoms with Gasteiger partial charge in [0.15, 0.2) is 0 Å². The number of hydrogen-bond acceptors (Lipinski definition) is 4. The van der Waals surface area contributed by atoms with Gasteiger partial charge in [-0.3, -0.25) is 4.79 Å². The van der Waals surface area contributed by atoms with Gasteiger partial charge < -0.3 is 14.9 Å². The second-order valence-electron chi connectivity index (χ2n) is 7.40. The number of aromatic nitrogens is 2. The van der Waals surface area contributed by atoms with Crippen molar-refractivity contribution < 1.29 is 18.7 Å². The van der Waals surface area contributed by atoms with E-state index in [2.05, 4.69) is 5.10 Å². The Morgan fingerprint density at radius 1 is 1.33 bits per heavy atom. The molecule has 8 heteroatoms. The normalized spacial score (nSPS) is 20.1. The predicted molar refractivity (Wildman–Crippen MR) is 97.7 cm³/mol. The van der Waals surface area contributed by atoms with Crippen molar-refractivity contribution in [2.75, 3.05) is 33.7 Å². The molecule has 2 aromatic rings. The fourth-order valence-electron chi connectivity index (χ4n) is 3.59. The van der Waals surface area contributed by atoms with Crippen molar-refractivity contribution in [1.29, 1.82) is 0 Å². The van der Waals surface area contributed by atoms with Gasteiger partial charge in [0.1, 0.15) is 0 Å². The number of benzene rings is 1. The molecule has 0 spiro atoms. The summed E-state index contributed by atoms with van der Waals surface area (Å²) >= 11 is 0. The lowest BCUT2D eigenvalue weighted by Gasteiger charge is -2.26. The van der Waals surface area contributed by atoms with E-state index in [1.807, 2.05) is 19.0 Å². The molecule has 1 aromatic heterocycles. The van der Waals surface area contributed by atoms with Crippen LogP contribution in [0, 0.1) is 6.92 Å². The molecule has 2 heterocycles. The van der Waals surface area contributed by atoms with E-state index in [0.29, 0.717) is 47.6 Å². The van der Waals surface area contributed by atoms with E-state index in [1.165, 1.54) is 6.20 Å². The minimum absolute atomic E-state index is 0.142. The van der Waals surface area contributed by atoms with Gasteiger partial charge in [-0.2, -0.15) is 13.9 Å². The van der Waals surface area contributed by atoms with Crippen molar-refractivity contribution in [3.8, 4) is 11.1 Å². The van der Waals surface area contributed by atoms with Gasteiger partial charge in [0.05, 0.1) is 17.8 Å². The summed E-state index contributed by atoms with van der Waals surface area (Å²) in [5, 5.41) is 14.4. The van der Waals surface area contributed by atoms with Gasteiger partial charge >= 0.3 is 6.55 Å². The maximum absolute atomic E-state index is 12.8. The molecule has 1 aliphatic rings. The van der Waals surface area contributed by atoms with E-state index < -0.39 is 12.2 Å². The Morgan fingerprint density at radius 3 is 2.56 bits per heavy atom. The van der Waals surface area contributed by atoms with Crippen LogP contribution in [0.1, 0.15) is 29.0 Å². The van der Waals surface area contributed by atoms with Crippen LogP contribution in [0.3, 0.4) is 0 Å². The highest BCUT2D eigenvalue weighted by Crippen LogP contribution is 2.27. The summed E-state index contributed by atoms with van der Waals surface area (Å²) in [6.45, 7) is 0.290. The molecule has 27 heavy (non-hydrogen) atoms. The monoisotopic (exact) mass is 378 g/mol. The molecule has 1 N–H and O–H groups in total. The zero-order chi connectivity index (χ0) is 19.8. The number of carbonyl (C=O) groups is 1. The first kappa shape index (κ1) is 19.4. The first-order valence-corrected chi connectivity index (χ1v) is 8.79. The summed E-state index contributed by atoms with van der Waals surface area (Å²) in [5.74, 6) is -0.142. The van der Waals surface area contributed by atoms with E-state index in [-0.39, 0.29) is 5.91 Å². The number of likely N-dealkylation sites (tertiary alicyclic amines) is 1. The highest BCUT2D eigenvalue weighted by atomic mass is 19.3. The zero-order valence-corrected chi connectivity index (χ0v) is 15.7. The molecule has 1 fully saturated rings. The van der Waals surface area contributed by atoms with E-state index >= 15 is 0 Å². The molecule has 0 saturated carbocycles. The Labute approximate surface area is 157 Å². The first-order chi connectivity index (χ1) is 12.7. The Balaban J connectivity index is 1.73. The average Bonchev–Trinajstić information content (AvgIpc) is 3.17. The number of likely N-dealkylation sites (N-methyl/N-ethyl adjacent to an activating group) is 1. The second kappa shape index (κ2) is 7.36. The number of rotatable bonds is 5. The third kappa shape index (κ3) is 4.17. The van der Waals surface area contributed by atoms with E-state index in [0.717, 1.165) is 5.56 Å². The molecule has 0 bridgehead atoms. The Kier molecular flexibility index (Phi) is 5.30. The van der Waals surface area contributed by atoms with Crippen molar-refractivity contribution >= 4 is 5.91 Å². The Morgan fingerprint density at radius 2 is 2.00 bits per heavy atom. The van der Waals surface area contributed by atoms with Crippen LogP contribution in [0.5, 0.6) is 0 Å². The number of aryl methyl sites for hydroxylation is 1. The highest BCUT2D eigenvalue weighted by Gasteiger charge is 2.38. The maximum atomic E-state index is 12.8. The summed E-state index contributed by atoms with van der Waals surface area (Å²) in [6.07, 6.45) is 1.85. The molecule has 146 valence electrons. The summed E-state index contributed by atoms with van der Waals surface area (Å²) in [4.78, 5) is 16.3. The van der Waals surface area contributed by atoms with Crippen molar-refractivity contribution in [2.24, 2.45) is 0 Å². The lowest BCUT2D eigenvalue weighted by Crippen LogP contribution is -2.43. The molecule has 1 aliphatic heterocycles. The number of nitrogens with zero attached hydrogens (tertiary/aromatic N) is 4. The molecule has 0 aliphatic carbocycles. The van der Waals surface area contributed by atoms with Gasteiger partial charge in [0, 0.05) is 30.4 Å². The van der Waals surface area contributed by atoms with Crippen LogP contribution in [0.15, 0.2) is 30.5 Å². The fourth-order valence-corrected chi connectivity index (χ4v) is 3.59. The van der Waals surface area contributed by atoms with Crippen LogP contribution in [0.25, 0.3) is 11.1 Å². The molecule has 3 rings (SSSR count). The van der Waals surface area contributed by atoms with Gasteiger partial charge in [-0.1, -0.05) is 12.1 Å². The standard InChI is InChI=1S/C19H24F2N4O2/c1-13-16(10-25(22-13)18(20)21)14-4-6-15(7-5-14)17(26)24-9-8-19(27,12-24)11-23(2)3/h4-7,10,18,27H,8-9,11-12H2,1-3H3. The van der Waals surface area contributed by atoms with Crippen LogP contribution in [-0.4, -0.2) is 69.9 Å². The summed E-state index contributed by atoms with van der Waals surface area (Å²) in [6, 6.07) is 6.82. The lowest BCUT2D eigenvalue weighted by atomic mass is 10.0. The maximum Gasteiger partial charge on any atom is 0.333 e. The zero-order valence-electron chi connectivity index (χ0n) is 15.7. The van der Waals surface area contributed by atoms with Crippen LogP contribution < -0.4 is 0 Å². The van der Waals surface area contributed by atoms with Crippen LogP contribution in [0.4, 0.5) is 8.78 Å². The van der Waals surface area contributed by atoms with E-state index in [9.17, 15) is 18.7 Å². The molecule has 1 atom stereocenters. The molecule has 1 amide bonds. The number of aliphatic hydroxyl groups is 1. The van der Waals surface area contributed by atoms with Gasteiger partial charge in [0.2, 0.25) is 0 Å². The van der Waals surface area contributed by atoms with Gasteiger partial charge in [-0.15, -0.1) is 0 Å². The number of amides is 1. The summed E-state index contributed by atoms with van der Waals surface area (Å²) in [5.41, 5.74) is 1.45. The predicted octanol–water partition coefficient (Wildman–Crippen LogP) is 2.39. The average molecular weight is 378 g/mol. The third-order valence-corrected chi connectivity index (χ3v) is 4.79. The van der Waals surface area contributed by atoms with Crippen molar-refractivity contribution in [3.63, 3.8) is 0 Å². The lowest BCUT2D eigenvalue weighted by molar-refractivity contribution is 0.0236. The smallest absolute Gasteiger partial charge is 0.333 e. The minimum Gasteiger partial charge on any atom is -0.387 e. The summed E-state index contributed by atoms with van der Waals surface area (Å²) < 4.78 is 26.2. The SMILES string of the molecule is Cc1nn(C(F)F)cc1-c1ccc(C(=O)N2CCC(O)(CN(C)C)C2)cc1. The van der Waals surface area contributed by atoms with Crippen LogP contribution in [0.2, 0.25) is 0 Å². The minimum atomic E-state index is -2.69. The molecule has 1 saturated heterocycles. The molecule has 0 radical (unpaired) electrons. The highest BCUT2D eigenvalue weighted by molar-refractivity contribution is 5.95. The van der Waals surface area contributed by atoms with Crippen molar-refractivity contribution in [1.82, 2.24) is 19.6 Å². The molecular weight excluding hydrogens is 354 g/mol. The Bertz CT molecular complexity index is 820. The van der Waals surface area contributed by atoms with Gasteiger partial charge in [0.25, 0.3) is 5.91 Å². The van der Waals surface area contributed by atoms with Gasteiger partial charge in [-0.05, 0) is 45.1 Å². The molecule has 1 aromatic carbocycles. The van der Waals surface area contributed by atoms with Crippen molar-refractivity contribution in [2.45, 2.75) is 25.5 Å². The quantitative estimate of drug-likeness (QED) is 0.868. The van der Waals surface area contributed by atoms with E-state index in [4.69, 9.17) is 0 Å². The second-order valence-corrected chi connectivity index (χ2v) is 7.40. The first-order valence-electron chi connectivity index (χ1n) is 8.79. The summed E-state index contributed by atoms with van der Waals surface area (Å²) in [7, 11) is 3.78. The third-order valence-electron chi connectivity index (χ3n) is 4.79. The molecule has 1 unspecified atom stereocenters. The largest absolute Gasteiger partial charge is 0.387 e. The number of carbonyl (C=O) groups excluding carboxylic acids is 1. The molecular formula is C19H24F2N4O2. The van der Waals surface area contributed by atoms with E-state index in [1.54, 1.807) is 36.1 Å².